The fourth-order valence-electron chi connectivity index (χ4n) is 2.53. The molecule has 0 saturated carbocycles. The number of hydrogen-bond donors (Lipinski definition) is 0. The van der Waals surface area contributed by atoms with Crippen LogP contribution < -0.4 is 5.36 Å². The molecule has 0 radical (unpaired) electrons. The maximum atomic E-state index is 5.50. The first-order valence-electron chi connectivity index (χ1n) is 7.60. The van der Waals surface area contributed by atoms with Gasteiger partial charge in [0.2, 0.25) is 0 Å². The Morgan fingerprint density at radius 2 is 1.83 bits per heavy atom. The van der Waals surface area contributed by atoms with Gasteiger partial charge < -0.3 is 9.74 Å². The van der Waals surface area contributed by atoms with Crippen molar-refractivity contribution >= 4 is 21.8 Å². The lowest BCUT2D eigenvalue weighted by Crippen LogP contribution is -2.17. The Bertz CT molecular complexity index is 914. The molecule has 2 aromatic carbocycles. The van der Waals surface area contributed by atoms with Gasteiger partial charge in [-0.2, -0.15) is 15.0 Å². The Hall–Kier alpha value is -2.47. The van der Waals surface area contributed by atoms with Gasteiger partial charge in [0.25, 0.3) is 0 Å². The molecule has 0 spiro atoms. The fourth-order valence-corrected chi connectivity index (χ4v) is 2.53. The summed E-state index contributed by atoms with van der Waals surface area (Å²) >= 11 is 0. The van der Waals surface area contributed by atoms with Gasteiger partial charge in [0.1, 0.15) is 23.0 Å². The summed E-state index contributed by atoms with van der Waals surface area (Å²) in [6, 6.07) is 10.1. The van der Waals surface area contributed by atoms with Gasteiger partial charge in [-0.25, -0.2) is 0 Å². The zero-order chi connectivity index (χ0) is 16.4. The molecule has 0 bridgehead atoms. The van der Waals surface area contributed by atoms with Crippen molar-refractivity contribution in [2.45, 2.75) is 6.92 Å². The number of aryl methyl sites for hydroxylation is 2. The minimum absolute atomic E-state index is 0.552. The van der Waals surface area contributed by atoms with Crippen molar-refractivity contribution in [2.24, 2.45) is 12.2 Å². The second kappa shape index (κ2) is 6.34. The van der Waals surface area contributed by atoms with Crippen LogP contribution >= 0.6 is 0 Å². The lowest BCUT2D eigenvalue weighted by molar-refractivity contribution is 0.117. The van der Waals surface area contributed by atoms with E-state index in [2.05, 4.69) is 20.3 Å². The Morgan fingerprint density at radius 3 is 2.57 bits per heavy atom. The Morgan fingerprint density at radius 1 is 1.13 bits per heavy atom. The summed E-state index contributed by atoms with van der Waals surface area (Å²) in [4.78, 5) is 9.17. The summed E-state index contributed by atoms with van der Waals surface area (Å²) < 4.78 is 0. The number of aromatic nitrogens is 3. The molecular formula is C17H21N5O. The molecule has 3 aromatic rings. The second-order valence-electron chi connectivity index (χ2n) is 5.87. The third-order valence-electron chi connectivity index (χ3n) is 3.69. The van der Waals surface area contributed by atoms with Crippen LogP contribution in [-0.4, -0.2) is 47.1 Å². The van der Waals surface area contributed by atoms with E-state index < -0.39 is 0 Å². The third kappa shape index (κ3) is 3.17. The number of nitrogens with zero attached hydrogens (tertiary/aromatic N) is 5. The van der Waals surface area contributed by atoms with Gasteiger partial charge in [-0.1, -0.05) is 29.4 Å². The first-order valence-corrected chi connectivity index (χ1v) is 7.60. The number of likely N-dealkylation sites (N-methyl/N-ethyl adjacent to an activating group) is 1. The standard InChI is InChI=1S/C17H21N5O/c1-12-11-15(20-23-10-9-21(2)3)13-7-5-6-8-14(13)17-16(12)18-22(4)19-17/h5-8,11H,9-10H2,1-4H3/b20-15-. The van der Waals surface area contributed by atoms with Crippen molar-refractivity contribution in [2.75, 3.05) is 27.2 Å². The highest BCUT2D eigenvalue weighted by Gasteiger charge is 2.08. The number of benzene rings is 1. The predicted octanol–water partition coefficient (Wildman–Crippen LogP) is 1.82. The molecule has 0 amide bonds. The molecule has 0 N–H and O–H groups in total. The molecule has 0 atom stereocenters. The normalized spacial score (nSPS) is 12.5. The Balaban J connectivity index is 2.21. The molecule has 0 fully saturated rings. The highest BCUT2D eigenvalue weighted by atomic mass is 16.6. The van der Waals surface area contributed by atoms with Crippen molar-refractivity contribution in [3.05, 3.63) is 41.3 Å². The van der Waals surface area contributed by atoms with Crippen LogP contribution in [0.3, 0.4) is 0 Å². The topological polar surface area (TPSA) is 55.5 Å². The lowest BCUT2D eigenvalue weighted by atomic mass is 10.1. The van der Waals surface area contributed by atoms with Crippen LogP contribution in [0.5, 0.6) is 0 Å². The van der Waals surface area contributed by atoms with Gasteiger partial charge in [-0.3, -0.25) is 0 Å². The number of fused-ring (bicyclic) bond motifs is 3. The number of hydrogen-bond acceptors (Lipinski definition) is 5. The monoisotopic (exact) mass is 311 g/mol. The molecule has 120 valence electrons. The molecule has 0 aliphatic carbocycles. The lowest BCUT2D eigenvalue weighted by Gasteiger charge is -2.06. The van der Waals surface area contributed by atoms with E-state index in [9.17, 15) is 0 Å². The summed E-state index contributed by atoms with van der Waals surface area (Å²) in [5, 5.41) is 16.2. The highest BCUT2D eigenvalue weighted by Crippen LogP contribution is 2.20. The second-order valence-corrected chi connectivity index (χ2v) is 5.87. The Labute approximate surface area is 135 Å². The number of rotatable bonds is 4. The van der Waals surface area contributed by atoms with Crippen molar-refractivity contribution in [3.63, 3.8) is 0 Å². The van der Waals surface area contributed by atoms with Crippen LogP contribution in [0.4, 0.5) is 0 Å². The Kier molecular flexibility index (Phi) is 4.25. The van der Waals surface area contributed by atoms with Crippen molar-refractivity contribution in [1.82, 2.24) is 19.9 Å². The molecule has 0 aliphatic heterocycles. The van der Waals surface area contributed by atoms with E-state index in [1.165, 1.54) is 0 Å². The van der Waals surface area contributed by atoms with Crippen molar-refractivity contribution in [3.8, 4) is 0 Å². The zero-order valence-corrected chi connectivity index (χ0v) is 13.9. The van der Waals surface area contributed by atoms with E-state index in [1.54, 1.807) is 4.80 Å². The molecule has 0 unspecified atom stereocenters. The van der Waals surface area contributed by atoms with Gasteiger partial charge in [-0.05, 0) is 32.6 Å². The van der Waals surface area contributed by atoms with Gasteiger partial charge in [-0.15, -0.1) is 0 Å². The molecule has 1 heterocycles. The van der Waals surface area contributed by atoms with Crippen LogP contribution in [0, 0.1) is 6.92 Å². The molecular weight excluding hydrogens is 290 g/mol. The van der Waals surface area contributed by atoms with E-state index in [1.807, 2.05) is 58.4 Å². The first-order chi connectivity index (χ1) is 11.1. The largest absolute Gasteiger partial charge is 0.394 e. The van der Waals surface area contributed by atoms with Crippen LogP contribution in [-0.2, 0) is 11.9 Å². The van der Waals surface area contributed by atoms with E-state index in [4.69, 9.17) is 4.84 Å². The van der Waals surface area contributed by atoms with Gasteiger partial charge in [0.15, 0.2) is 0 Å². The highest BCUT2D eigenvalue weighted by molar-refractivity contribution is 6.02. The minimum atomic E-state index is 0.552. The molecule has 0 saturated heterocycles. The summed E-state index contributed by atoms with van der Waals surface area (Å²) in [6.07, 6.45) is 0. The summed E-state index contributed by atoms with van der Waals surface area (Å²) in [5.74, 6) is 0. The van der Waals surface area contributed by atoms with E-state index in [0.29, 0.717) is 6.61 Å². The van der Waals surface area contributed by atoms with Crippen LogP contribution in [0.1, 0.15) is 5.56 Å². The molecule has 23 heavy (non-hydrogen) atoms. The molecule has 6 nitrogen and oxygen atoms in total. The molecule has 0 aliphatic rings. The molecule has 3 rings (SSSR count). The van der Waals surface area contributed by atoms with Gasteiger partial charge in [0.05, 0.1) is 0 Å². The average Bonchev–Trinajstić information content (AvgIpc) is 2.87. The first kappa shape index (κ1) is 15.4. The minimum Gasteiger partial charge on any atom is -0.394 e. The maximum absolute atomic E-state index is 5.50. The van der Waals surface area contributed by atoms with E-state index in [0.717, 1.165) is 39.3 Å². The molecule has 6 heteroatoms. The quantitative estimate of drug-likeness (QED) is 0.545. The van der Waals surface area contributed by atoms with Gasteiger partial charge in [0, 0.05) is 24.4 Å². The SMILES string of the molecule is Cc1c/c(=N/OCCN(C)C)c2ccccc2c2nn(C)nc12. The van der Waals surface area contributed by atoms with Crippen LogP contribution in [0.2, 0.25) is 0 Å². The van der Waals surface area contributed by atoms with E-state index >= 15 is 0 Å². The summed E-state index contributed by atoms with van der Waals surface area (Å²) in [5.41, 5.74) is 2.80. The maximum Gasteiger partial charge on any atom is 0.129 e. The van der Waals surface area contributed by atoms with E-state index in [-0.39, 0.29) is 0 Å². The van der Waals surface area contributed by atoms with Crippen LogP contribution in [0.25, 0.3) is 21.8 Å². The zero-order valence-electron chi connectivity index (χ0n) is 13.9. The fraction of sp³-hybridized carbons (Fsp3) is 0.353. The van der Waals surface area contributed by atoms with Crippen LogP contribution in [0.15, 0.2) is 35.5 Å². The third-order valence-corrected chi connectivity index (χ3v) is 3.69. The summed E-state index contributed by atoms with van der Waals surface area (Å²) in [7, 11) is 5.86. The summed E-state index contributed by atoms with van der Waals surface area (Å²) in [6.45, 7) is 3.40. The van der Waals surface area contributed by atoms with Crippen molar-refractivity contribution in [1.29, 1.82) is 0 Å². The van der Waals surface area contributed by atoms with Gasteiger partial charge >= 0.3 is 0 Å². The smallest absolute Gasteiger partial charge is 0.129 e. The average molecular weight is 311 g/mol. The molecule has 1 aromatic heterocycles. The predicted molar refractivity (Wildman–Crippen MR) is 90.8 cm³/mol. The van der Waals surface area contributed by atoms with Crippen molar-refractivity contribution < 1.29 is 4.84 Å².